The van der Waals surface area contributed by atoms with Gasteiger partial charge in [-0.25, -0.2) is 9.18 Å². The molecule has 86 valence electrons. The Hall–Kier alpha value is -1.94. The number of nitrogens with zero attached hydrogens (tertiary/aromatic N) is 1. The van der Waals surface area contributed by atoms with Crippen LogP contribution in [0, 0.1) is 5.82 Å². The summed E-state index contributed by atoms with van der Waals surface area (Å²) in [5.41, 5.74) is 0.490. The number of halogens is 2. The molecule has 1 aromatic carbocycles. The number of pyridine rings is 1. The van der Waals surface area contributed by atoms with E-state index in [9.17, 15) is 9.18 Å². The topological polar surface area (TPSA) is 50.2 Å². The normalized spacial score (nSPS) is 10.2. The predicted octanol–water partition coefficient (Wildman–Crippen LogP) is 3.24. The highest BCUT2D eigenvalue weighted by atomic mass is 35.5. The van der Waals surface area contributed by atoms with Gasteiger partial charge in [-0.15, -0.1) is 0 Å². The van der Waals surface area contributed by atoms with Crippen LogP contribution in [-0.4, -0.2) is 16.1 Å². The Morgan fingerprint density at radius 3 is 2.71 bits per heavy atom. The molecule has 0 aliphatic heterocycles. The van der Waals surface area contributed by atoms with Crippen molar-refractivity contribution in [3.05, 3.63) is 52.9 Å². The first kappa shape index (κ1) is 11.5. The summed E-state index contributed by atoms with van der Waals surface area (Å²) in [6, 6.07) is 7.07. The Balaban J connectivity index is 2.52. The van der Waals surface area contributed by atoms with Crippen LogP contribution in [-0.2, 0) is 0 Å². The Bertz CT molecular complexity index is 586. The van der Waals surface area contributed by atoms with E-state index in [-0.39, 0.29) is 5.56 Å². The summed E-state index contributed by atoms with van der Waals surface area (Å²) in [6.45, 7) is 0. The largest absolute Gasteiger partial charge is 0.478 e. The third-order valence-electron chi connectivity index (χ3n) is 2.23. The minimum atomic E-state index is -1.30. The maximum Gasteiger partial charge on any atom is 0.338 e. The first-order valence-corrected chi connectivity index (χ1v) is 5.11. The second kappa shape index (κ2) is 4.51. The summed E-state index contributed by atoms with van der Waals surface area (Å²) in [5, 5.41) is 9.08. The van der Waals surface area contributed by atoms with Crippen molar-refractivity contribution in [1.29, 1.82) is 0 Å². The van der Waals surface area contributed by atoms with Crippen LogP contribution in [0.1, 0.15) is 10.4 Å². The number of hydrogen-bond acceptors (Lipinski definition) is 2. The Morgan fingerprint density at radius 2 is 2.12 bits per heavy atom. The monoisotopic (exact) mass is 251 g/mol. The first-order chi connectivity index (χ1) is 8.09. The van der Waals surface area contributed by atoms with Crippen LogP contribution in [0.4, 0.5) is 4.39 Å². The van der Waals surface area contributed by atoms with E-state index in [2.05, 4.69) is 4.98 Å². The SMILES string of the molecule is O=C(O)c1ccc(-c2ncccc2Cl)cc1F. The van der Waals surface area contributed by atoms with Crippen LogP contribution in [0.25, 0.3) is 11.3 Å². The smallest absolute Gasteiger partial charge is 0.338 e. The predicted molar refractivity (Wildman–Crippen MR) is 61.6 cm³/mol. The van der Waals surface area contributed by atoms with E-state index in [0.29, 0.717) is 16.3 Å². The van der Waals surface area contributed by atoms with Crippen molar-refractivity contribution in [3.8, 4) is 11.3 Å². The summed E-state index contributed by atoms with van der Waals surface area (Å²) < 4.78 is 13.5. The molecule has 0 bridgehead atoms. The van der Waals surface area contributed by atoms with Gasteiger partial charge in [0.25, 0.3) is 0 Å². The van der Waals surface area contributed by atoms with Gasteiger partial charge in [0, 0.05) is 11.8 Å². The van der Waals surface area contributed by atoms with Crippen molar-refractivity contribution in [2.75, 3.05) is 0 Å². The van der Waals surface area contributed by atoms with Crippen molar-refractivity contribution in [2.24, 2.45) is 0 Å². The molecule has 0 unspecified atom stereocenters. The third kappa shape index (κ3) is 2.26. The van der Waals surface area contributed by atoms with E-state index in [1.54, 1.807) is 12.1 Å². The van der Waals surface area contributed by atoms with Crippen LogP contribution >= 0.6 is 11.6 Å². The van der Waals surface area contributed by atoms with Crippen LogP contribution < -0.4 is 0 Å². The third-order valence-corrected chi connectivity index (χ3v) is 2.54. The molecule has 0 amide bonds. The molecule has 0 radical (unpaired) electrons. The number of carbonyl (C=O) groups is 1. The minimum Gasteiger partial charge on any atom is -0.478 e. The summed E-state index contributed by atoms with van der Waals surface area (Å²) in [4.78, 5) is 14.7. The Labute approximate surface area is 101 Å². The second-order valence-electron chi connectivity index (χ2n) is 3.33. The standard InChI is InChI=1S/C12H7ClFNO2/c13-9-2-1-5-15-11(9)7-3-4-8(12(16)17)10(14)6-7/h1-6H,(H,16,17). The van der Waals surface area contributed by atoms with E-state index in [0.717, 1.165) is 6.07 Å². The lowest BCUT2D eigenvalue weighted by Crippen LogP contribution is -2.00. The number of carboxylic acid groups (broad SMARTS) is 1. The summed E-state index contributed by atoms with van der Waals surface area (Å²) >= 11 is 5.91. The fourth-order valence-electron chi connectivity index (χ4n) is 1.43. The van der Waals surface area contributed by atoms with E-state index in [4.69, 9.17) is 16.7 Å². The lowest BCUT2D eigenvalue weighted by molar-refractivity contribution is 0.0692. The first-order valence-electron chi connectivity index (χ1n) is 4.73. The average molecular weight is 252 g/mol. The van der Waals surface area contributed by atoms with Gasteiger partial charge in [-0.2, -0.15) is 0 Å². The lowest BCUT2D eigenvalue weighted by atomic mass is 10.1. The number of aromatic nitrogens is 1. The summed E-state index contributed by atoms with van der Waals surface area (Å²) in [7, 11) is 0. The molecular formula is C12H7ClFNO2. The van der Waals surface area contributed by atoms with Crippen molar-refractivity contribution in [2.45, 2.75) is 0 Å². The maximum atomic E-state index is 13.5. The fourth-order valence-corrected chi connectivity index (χ4v) is 1.66. The molecule has 2 rings (SSSR count). The molecule has 17 heavy (non-hydrogen) atoms. The Morgan fingerprint density at radius 1 is 1.35 bits per heavy atom. The molecule has 2 aromatic rings. The average Bonchev–Trinajstić information content (AvgIpc) is 2.29. The van der Waals surface area contributed by atoms with Gasteiger partial charge >= 0.3 is 5.97 Å². The molecule has 0 saturated heterocycles. The lowest BCUT2D eigenvalue weighted by Gasteiger charge is -2.04. The van der Waals surface area contributed by atoms with Gasteiger partial charge in [0.15, 0.2) is 0 Å². The summed E-state index contributed by atoms with van der Waals surface area (Å²) in [5.74, 6) is -2.11. The number of benzene rings is 1. The van der Waals surface area contributed by atoms with Crippen molar-refractivity contribution < 1.29 is 14.3 Å². The van der Waals surface area contributed by atoms with Crippen LogP contribution in [0.5, 0.6) is 0 Å². The molecule has 0 aliphatic rings. The quantitative estimate of drug-likeness (QED) is 0.891. The Kier molecular flexibility index (Phi) is 3.06. The van der Waals surface area contributed by atoms with Crippen molar-refractivity contribution in [3.63, 3.8) is 0 Å². The van der Waals surface area contributed by atoms with E-state index in [1.165, 1.54) is 18.3 Å². The molecular weight excluding hydrogens is 245 g/mol. The molecule has 1 heterocycles. The van der Waals surface area contributed by atoms with Gasteiger partial charge in [-0.3, -0.25) is 4.98 Å². The zero-order valence-electron chi connectivity index (χ0n) is 8.52. The molecule has 1 aromatic heterocycles. The number of carboxylic acids is 1. The maximum absolute atomic E-state index is 13.5. The van der Waals surface area contributed by atoms with E-state index >= 15 is 0 Å². The van der Waals surface area contributed by atoms with Crippen molar-refractivity contribution in [1.82, 2.24) is 4.98 Å². The number of hydrogen-bond donors (Lipinski definition) is 1. The van der Waals surface area contributed by atoms with Gasteiger partial charge < -0.3 is 5.11 Å². The van der Waals surface area contributed by atoms with Gasteiger partial charge in [0.1, 0.15) is 5.82 Å². The number of aromatic carboxylic acids is 1. The highest BCUT2D eigenvalue weighted by Gasteiger charge is 2.12. The second-order valence-corrected chi connectivity index (χ2v) is 3.74. The van der Waals surface area contributed by atoms with Crippen LogP contribution in [0.15, 0.2) is 36.5 Å². The van der Waals surface area contributed by atoms with E-state index < -0.39 is 11.8 Å². The minimum absolute atomic E-state index is 0.374. The van der Waals surface area contributed by atoms with Gasteiger partial charge in [-0.1, -0.05) is 17.7 Å². The zero-order chi connectivity index (χ0) is 12.4. The molecule has 1 N–H and O–H groups in total. The zero-order valence-corrected chi connectivity index (χ0v) is 9.28. The van der Waals surface area contributed by atoms with E-state index in [1.807, 2.05) is 0 Å². The van der Waals surface area contributed by atoms with Gasteiger partial charge in [0.2, 0.25) is 0 Å². The highest BCUT2D eigenvalue weighted by Crippen LogP contribution is 2.26. The molecule has 0 fully saturated rings. The molecule has 5 heteroatoms. The summed E-state index contributed by atoms with van der Waals surface area (Å²) in [6.07, 6.45) is 1.53. The molecule has 0 saturated carbocycles. The van der Waals surface area contributed by atoms with Crippen molar-refractivity contribution >= 4 is 17.6 Å². The fraction of sp³-hybridized carbons (Fsp3) is 0. The van der Waals surface area contributed by atoms with Crippen LogP contribution in [0.2, 0.25) is 5.02 Å². The van der Waals surface area contributed by atoms with Gasteiger partial charge in [0.05, 0.1) is 16.3 Å². The molecule has 0 atom stereocenters. The van der Waals surface area contributed by atoms with Gasteiger partial charge in [-0.05, 0) is 24.3 Å². The van der Waals surface area contributed by atoms with Crippen LogP contribution in [0.3, 0.4) is 0 Å². The number of rotatable bonds is 2. The molecule has 0 spiro atoms. The highest BCUT2D eigenvalue weighted by molar-refractivity contribution is 6.33. The molecule has 3 nitrogen and oxygen atoms in total. The molecule has 0 aliphatic carbocycles.